The molecule has 17 heavy (non-hydrogen) atoms. The Morgan fingerprint density at radius 3 is 3.06 bits per heavy atom. The van der Waals surface area contributed by atoms with Gasteiger partial charge in [-0.05, 0) is 48.6 Å². The maximum atomic E-state index is 3.76. The Hall–Kier alpha value is -0.820. The molecule has 1 aliphatic carbocycles. The van der Waals surface area contributed by atoms with Gasteiger partial charge in [-0.15, -0.1) is 0 Å². The summed E-state index contributed by atoms with van der Waals surface area (Å²) in [6.07, 6.45) is 6.77. The average molecular weight is 229 g/mol. The molecule has 2 aliphatic rings. The molecule has 1 aromatic rings. The Balaban J connectivity index is 1.78. The molecular weight excluding hydrogens is 206 g/mol. The summed E-state index contributed by atoms with van der Waals surface area (Å²) in [7, 11) is 0. The molecule has 1 saturated heterocycles. The highest BCUT2D eigenvalue weighted by molar-refractivity contribution is 5.34. The SMILES string of the molecule is CCCC1CC2CCc3ccccc3C2CN1. The van der Waals surface area contributed by atoms with Gasteiger partial charge in [0.2, 0.25) is 0 Å². The summed E-state index contributed by atoms with van der Waals surface area (Å²) in [6.45, 7) is 3.50. The number of benzene rings is 1. The third kappa shape index (κ3) is 2.13. The highest BCUT2D eigenvalue weighted by Gasteiger charge is 2.34. The topological polar surface area (TPSA) is 12.0 Å². The van der Waals surface area contributed by atoms with Crippen LogP contribution in [-0.4, -0.2) is 12.6 Å². The van der Waals surface area contributed by atoms with Gasteiger partial charge in [0.05, 0.1) is 0 Å². The van der Waals surface area contributed by atoms with Gasteiger partial charge in [0.25, 0.3) is 0 Å². The van der Waals surface area contributed by atoms with Crippen LogP contribution in [0.15, 0.2) is 24.3 Å². The number of fused-ring (bicyclic) bond motifs is 3. The molecule has 0 bridgehead atoms. The molecule has 3 unspecified atom stereocenters. The lowest BCUT2D eigenvalue weighted by Gasteiger charge is -2.41. The van der Waals surface area contributed by atoms with E-state index in [1.165, 1.54) is 38.6 Å². The van der Waals surface area contributed by atoms with Crippen molar-refractivity contribution in [3.8, 4) is 0 Å². The van der Waals surface area contributed by atoms with Crippen molar-refractivity contribution in [3.05, 3.63) is 35.4 Å². The van der Waals surface area contributed by atoms with Crippen LogP contribution in [0.3, 0.4) is 0 Å². The number of rotatable bonds is 2. The summed E-state index contributed by atoms with van der Waals surface area (Å²) in [4.78, 5) is 0. The molecule has 3 rings (SSSR count). The van der Waals surface area contributed by atoms with E-state index in [4.69, 9.17) is 0 Å². The Kier molecular flexibility index (Phi) is 3.19. The second kappa shape index (κ2) is 4.81. The minimum Gasteiger partial charge on any atom is -0.313 e. The zero-order chi connectivity index (χ0) is 11.7. The first-order chi connectivity index (χ1) is 8.38. The summed E-state index contributed by atoms with van der Waals surface area (Å²) < 4.78 is 0. The number of hydrogen-bond donors (Lipinski definition) is 1. The maximum absolute atomic E-state index is 3.76. The van der Waals surface area contributed by atoms with Crippen LogP contribution in [0.1, 0.15) is 49.7 Å². The van der Waals surface area contributed by atoms with E-state index in [1.807, 2.05) is 0 Å². The van der Waals surface area contributed by atoms with Gasteiger partial charge in [0.15, 0.2) is 0 Å². The van der Waals surface area contributed by atoms with E-state index in [9.17, 15) is 0 Å². The van der Waals surface area contributed by atoms with Gasteiger partial charge in [-0.25, -0.2) is 0 Å². The molecule has 1 fully saturated rings. The van der Waals surface area contributed by atoms with Gasteiger partial charge in [-0.2, -0.15) is 0 Å². The Morgan fingerprint density at radius 1 is 1.29 bits per heavy atom. The van der Waals surface area contributed by atoms with Crippen molar-refractivity contribution in [1.82, 2.24) is 5.32 Å². The van der Waals surface area contributed by atoms with Crippen molar-refractivity contribution >= 4 is 0 Å². The van der Waals surface area contributed by atoms with E-state index < -0.39 is 0 Å². The van der Waals surface area contributed by atoms with Crippen LogP contribution in [0, 0.1) is 5.92 Å². The normalized spacial score (nSPS) is 31.7. The molecule has 1 heterocycles. The quantitative estimate of drug-likeness (QED) is 0.818. The summed E-state index contributed by atoms with van der Waals surface area (Å²) >= 11 is 0. The van der Waals surface area contributed by atoms with Crippen LogP contribution in [0.2, 0.25) is 0 Å². The number of aryl methyl sites for hydroxylation is 1. The van der Waals surface area contributed by atoms with Crippen LogP contribution in [0.5, 0.6) is 0 Å². The average Bonchev–Trinajstić information content (AvgIpc) is 2.39. The molecule has 0 aromatic heterocycles. The van der Waals surface area contributed by atoms with E-state index >= 15 is 0 Å². The number of nitrogens with one attached hydrogen (secondary N) is 1. The fourth-order valence-corrected chi connectivity index (χ4v) is 3.79. The minimum atomic E-state index is 0.784. The largest absolute Gasteiger partial charge is 0.313 e. The lowest BCUT2D eigenvalue weighted by Crippen LogP contribution is -2.44. The molecule has 92 valence electrons. The van der Waals surface area contributed by atoms with Gasteiger partial charge in [0, 0.05) is 12.6 Å². The van der Waals surface area contributed by atoms with Gasteiger partial charge >= 0.3 is 0 Å². The van der Waals surface area contributed by atoms with Crippen molar-refractivity contribution in [1.29, 1.82) is 0 Å². The van der Waals surface area contributed by atoms with E-state index in [0.717, 1.165) is 17.9 Å². The molecule has 0 radical (unpaired) electrons. The predicted molar refractivity (Wildman–Crippen MR) is 72.3 cm³/mol. The fraction of sp³-hybridized carbons (Fsp3) is 0.625. The van der Waals surface area contributed by atoms with Crippen LogP contribution in [0.4, 0.5) is 0 Å². The van der Waals surface area contributed by atoms with Crippen molar-refractivity contribution in [2.24, 2.45) is 5.92 Å². The van der Waals surface area contributed by atoms with Crippen LogP contribution in [-0.2, 0) is 6.42 Å². The minimum absolute atomic E-state index is 0.784. The molecule has 1 aromatic carbocycles. The van der Waals surface area contributed by atoms with Gasteiger partial charge in [-0.3, -0.25) is 0 Å². The smallest absolute Gasteiger partial charge is 0.00700 e. The third-order valence-corrected chi connectivity index (χ3v) is 4.66. The molecule has 3 atom stereocenters. The molecule has 1 heteroatoms. The van der Waals surface area contributed by atoms with E-state index in [-0.39, 0.29) is 0 Å². The highest BCUT2D eigenvalue weighted by atomic mass is 14.9. The van der Waals surface area contributed by atoms with E-state index in [1.54, 1.807) is 11.1 Å². The van der Waals surface area contributed by atoms with E-state index in [2.05, 4.69) is 36.5 Å². The summed E-state index contributed by atoms with van der Waals surface area (Å²) in [6, 6.07) is 9.86. The zero-order valence-electron chi connectivity index (χ0n) is 10.8. The summed E-state index contributed by atoms with van der Waals surface area (Å²) in [5.41, 5.74) is 3.23. The Labute approximate surface area is 105 Å². The molecular formula is C16H23N. The molecule has 0 saturated carbocycles. The first kappa shape index (κ1) is 11.3. The lowest BCUT2D eigenvalue weighted by molar-refractivity contribution is 0.232. The van der Waals surface area contributed by atoms with Crippen LogP contribution < -0.4 is 5.32 Å². The number of hydrogen-bond acceptors (Lipinski definition) is 1. The standard InChI is InChI=1S/C16H23N/c1-2-5-14-10-13-9-8-12-6-3-4-7-15(12)16(13)11-17-14/h3-4,6-7,13-14,16-17H,2,5,8-11H2,1H3. The first-order valence-corrected chi connectivity index (χ1v) is 7.19. The molecule has 1 aliphatic heterocycles. The number of piperidine rings is 1. The van der Waals surface area contributed by atoms with E-state index in [0.29, 0.717) is 0 Å². The van der Waals surface area contributed by atoms with Gasteiger partial charge < -0.3 is 5.32 Å². The summed E-state index contributed by atoms with van der Waals surface area (Å²) in [5.74, 6) is 1.72. The first-order valence-electron chi connectivity index (χ1n) is 7.19. The molecule has 1 N–H and O–H groups in total. The van der Waals surface area contributed by atoms with Crippen LogP contribution >= 0.6 is 0 Å². The van der Waals surface area contributed by atoms with Gasteiger partial charge in [-0.1, -0.05) is 37.6 Å². The molecule has 1 nitrogen and oxygen atoms in total. The van der Waals surface area contributed by atoms with Gasteiger partial charge in [0.1, 0.15) is 0 Å². The third-order valence-electron chi connectivity index (χ3n) is 4.66. The Bertz CT molecular complexity index is 385. The van der Waals surface area contributed by atoms with Crippen LogP contribution in [0.25, 0.3) is 0 Å². The molecule has 0 spiro atoms. The van der Waals surface area contributed by atoms with Crippen molar-refractivity contribution in [3.63, 3.8) is 0 Å². The molecule has 0 amide bonds. The fourth-order valence-electron chi connectivity index (χ4n) is 3.79. The zero-order valence-corrected chi connectivity index (χ0v) is 10.8. The monoisotopic (exact) mass is 229 g/mol. The highest BCUT2D eigenvalue weighted by Crippen LogP contribution is 2.40. The maximum Gasteiger partial charge on any atom is 0.00700 e. The summed E-state index contributed by atoms with van der Waals surface area (Å²) in [5, 5.41) is 3.76. The second-order valence-electron chi connectivity index (χ2n) is 5.73. The Morgan fingerprint density at radius 2 is 2.18 bits per heavy atom. The predicted octanol–water partition coefficient (Wildman–Crippen LogP) is 3.49. The lowest BCUT2D eigenvalue weighted by atomic mass is 9.70. The van der Waals surface area contributed by atoms with Crippen molar-refractivity contribution < 1.29 is 0 Å². The second-order valence-corrected chi connectivity index (χ2v) is 5.73. The van der Waals surface area contributed by atoms with Crippen molar-refractivity contribution in [2.75, 3.05) is 6.54 Å². The van der Waals surface area contributed by atoms with Crippen molar-refractivity contribution in [2.45, 2.75) is 51.0 Å².